The number of fused-ring (bicyclic) bond motifs is 3. The summed E-state index contributed by atoms with van der Waals surface area (Å²) in [5.74, 6) is -0.945. The van der Waals surface area contributed by atoms with E-state index in [1.807, 2.05) is 24.3 Å². The lowest BCUT2D eigenvalue weighted by Crippen LogP contribution is -2.48. The number of amides is 1. The van der Waals surface area contributed by atoms with Gasteiger partial charge in [0.05, 0.1) is 17.8 Å². The van der Waals surface area contributed by atoms with Gasteiger partial charge in [0.2, 0.25) is 5.91 Å². The van der Waals surface area contributed by atoms with Gasteiger partial charge in [-0.15, -0.1) is 0 Å². The predicted octanol–water partition coefficient (Wildman–Crippen LogP) is 1.86. The van der Waals surface area contributed by atoms with Gasteiger partial charge in [0.1, 0.15) is 5.82 Å². The standard InChI is InChI=1S/C25H25FN4O3/c26-17-9-7-16(8-10-17)12-28-25(33)24-20(15-31)19-14-29-21(5-3-6-22(29)32)23(19)30(24)13-18-4-1-2-11-27-18/h1-11,19-20,23-24,31H,12-15H2,(H,28,33)/t19-,20-,23+,24-/m0/s1. The van der Waals surface area contributed by atoms with Crippen molar-refractivity contribution in [2.24, 2.45) is 11.8 Å². The molecule has 4 heterocycles. The van der Waals surface area contributed by atoms with Crippen LogP contribution < -0.4 is 10.9 Å². The average molecular weight is 448 g/mol. The van der Waals surface area contributed by atoms with Crippen LogP contribution in [0.4, 0.5) is 4.39 Å². The number of pyridine rings is 2. The minimum Gasteiger partial charge on any atom is -0.396 e. The maximum Gasteiger partial charge on any atom is 0.250 e. The third-order valence-electron chi connectivity index (χ3n) is 6.79. The van der Waals surface area contributed by atoms with Crippen molar-refractivity contribution in [3.63, 3.8) is 0 Å². The van der Waals surface area contributed by atoms with Gasteiger partial charge in [0.15, 0.2) is 0 Å². The highest BCUT2D eigenvalue weighted by molar-refractivity contribution is 5.82. The Bertz CT molecular complexity index is 1200. The number of aromatic nitrogens is 2. The number of halogens is 1. The smallest absolute Gasteiger partial charge is 0.250 e. The van der Waals surface area contributed by atoms with E-state index in [0.717, 1.165) is 17.0 Å². The van der Waals surface area contributed by atoms with Gasteiger partial charge in [0, 0.05) is 56.0 Å². The minimum absolute atomic E-state index is 0.0737. The van der Waals surface area contributed by atoms with Gasteiger partial charge >= 0.3 is 0 Å². The van der Waals surface area contributed by atoms with Crippen molar-refractivity contribution in [2.45, 2.75) is 31.7 Å². The summed E-state index contributed by atoms with van der Waals surface area (Å²) in [6.45, 7) is 0.968. The van der Waals surface area contributed by atoms with Gasteiger partial charge < -0.3 is 15.0 Å². The van der Waals surface area contributed by atoms with Crippen molar-refractivity contribution in [1.82, 2.24) is 19.8 Å². The zero-order valence-corrected chi connectivity index (χ0v) is 18.0. The van der Waals surface area contributed by atoms with Crippen molar-refractivity contribution in [1.29, 1.82) is 0 Å². The number of benzene rings is 1. The summed E-state index contributed by atoms with van der Waals surface area (Å²) in [7, 11) is 0. The Balaban J connectivity index is 1.47. The number of aliphatic hydroxyl groups excluding tert-OH is 1. The first kappa shape index (κ1) is 21.5. The fourth-order valence-corrected chi connectivity index (χ4v) is 5.31. The van der Waals surface area contributed by atoms with Crippen LogP contribution in [-0.2, 0) is 24.4 Å². The summed E-state index contributed by atoms with van der Waals surface area (Å²) in [6, 6.07) is 16.1. The second kappa shape index (κ2) is 8.88. The molecule has 1 aromatic carbocycles. The Labute approximate surface area is 190 Å². The monoisotopic (exact) mass is 448 g/mol. The van der Waals surface area contributed by atoms with Crippen LogP contribution >= 0.6 is 0 Å². The van der Waals surface area contributed by atoms with E-state index in [2.05, 4.69) is 15.2 Å². The molecule has 2 aliphatic heterocycles. The number of hydrogen-bond acceptors (Lipinski definition) is 5. The topological polar surface area (TPSA) is 87.5 Å². The van der Waals surface area contributed by atoms with Crippen molar-refractivity contribution in [3.8, 4) is 0 Å². The van der Waals surface area contributed by atoms with Crippen LogP contribution in [0.1, 0.15) is 23.0 Å². The van der Waals surface area contributed by atoms with Crippen molar-refractivity contribution < 1.29 is 14.3 Å². The van der Waals surface area contributed by atoms with Gasteiger partial charge in [-0.3, -0.25) is 19.5 Å². The average Bonchev–Trinajstić information content (AvgIpc) is 3.35. The van der Waals surface area contributed by atoms with Gasteiger partial charge in [-0.25, -0.2) is 4.39 Å². The number of carbonyl (C=O) groups excluding carboxylic acids is 1. The van der Waals surface area contributed by atoms with E-state index in [4.69, 9.17) is 0 Å². The highest BCUT2D eigenvalue weighted by Crippen LogP contribution is 2.49. The molecule has 2 aromatic heterocycles. The molecule has 7 nitrogen and oxygen atoms in total. The molecule has 4 atom stereocenters. The molecule has 170 valence electrons. The lowest BCUT2D eigenvalue weighted by atomic mass is 9.88. The lowest BCUT2D eigenvalue weighted by molar-refractivity contribution is -0.128. The predicted molar refractivity (Wildman–Crippen MR) is 119 cm³/mol. The summed E-state index contributed by atoms with van der Waals surface area (Å²) in [4.78, 5) is 32.4. The van der Waals surface area contributed by atoms with Crippen LogP contribution in [0, 0.1) is 17.7 Å². The van der Waals surface area contributed by atoms with E-state index in [1.54, 1.807) is 29.0 Å². The largest absolute Gasteiger partial charge is 0.396 e. The number of nitrogens with zero attached hydrogens (tertiary/aromatic N) is 3. The second-order valence-electron chi connectivity index (χ2n) is 8.64. The molecule has 2 aliphatic rings. The van der Waals surface area contributed by atoms with E-state index in [9.17, 15) is 19.1 Å². The Hall–Kier alpha value is -3.36. The summed E-state index contributed by atoms with van der Waals surface area (Å²) in [5, 5.41) is 13.3. The molecule has 1 saturated heterocycles. The molecule has 2 N–H and O–H groups in total. The Morgan fingerprint density at radius 1 is 1.12 bits per heavy atom. The highest BCUT2D eigenvalue weighted by atomic mass is 19.1. The summed E-state index contributed by atoms with van der Waals surface area (Å²) < 4.78 is 15.0. The van der Waals surface area contributed by atoms with Crippen LogP contribution in [0.15, 0.2) is 71.7 Å². The van der Waals surface area contributed by atoms with E-state index in [-0.39, 0.29) is 48.3 Å². The number of hydrogen-bond donors (Lipinski definition) is 2. The molecule has 5 rings (SSSR count). The van der Waals surface area contributed by atoms with E-state index in [1.165, 1.54) is 18.2 Å². The van der Waals surface area contributed by atoms with E-state index >= 15 is 0 Å². The first-order valence-corrected chi connectivity index (χ1v) is 11.0. The summed E-state index contributed by atoms with van der Waals surface area (Å²) in [5.41, 5.74) is 2.38. The number of carbonyl (C=O) groups is 1. The van der Waals surface area contributed by atoms with Crippen LogP contribution in [0.5, 0.6) is 0 Å². The molecule has 0 radical (unpaired) electrons. The van der Waals surface area contributed by atoms with Gasteiger partial charge in [0.25, 0.3) is 5.56 Å². The highest BCUT2D eigenvalue weighted by Gasteiger charge is 2.55. The first-order valence-electron chi connectivity index (χ1n) is 11.0. The Kier molecular flexibility index (Phi) is 5.78. The third kappa shape index (κ3) is 3.96. The first-order chi connectivity index (χ1) is 16.1. The normalized spacial score (nSPS) is 23.8. The third-order valence-corrected chi connectivity index (χ3v) is 6.79. The Morgan fingerprint density at radius 3 is 2.67 bits per heavy atom. The maximum absolute atomic E-state index is 13.4. The molecule has 1 fully saturated rings. The SMILES string of the molecule is O=C(NCc1ccc(F)cc1)[C@@H]1[C@@H](CO)[C@@H]2Cn3c(cccc3=O)[C@@H]2N1Cc1ccccn1. The Morgan fingerprint density at radius 2 is 1.94 bits per heavy atom. The van der Waals surface area contributed by atoms with E-state index < -0.39 is 6.04 Å². The quantitative estimate of drug-likeness (QED) is 0.601. The van der Waals surface area contributed by atoms with E-state index in [0.29, 0.717) is 13.1 Å². The second-order valence-corrected chi connectivity index (χ2v) is 8.64. The number of nitrogens with one attached hydrogen (secondary N) is 1. The molecular weight excluding hydrogens is 423 g/mol. The van der Waals surface area contributed by atoms with Crippen molar-refractivity contribution >= 4 is 5.91 Å². The summed E-state index contributed by atoms with van der Waals surface area (Å²) in [6.07, 6.45) is 1.71. The molecule has 0 spiro atoms. The van der Waals surface area contributed by atoms with Crippen LogP contribution in [0.3, 0.4) is 0 Å². The van der Waals surface area contributed by atoms with Gasteiger partial charge in [-0.2, -0.15) is 0 Å². The molecule has 0 aliphatic carbocycles. The molecule has 0 bridgehead atoms. The summed E-state index contributed by atoms with van der Waals surface area (Å²) >= 11 is 0. The molecule has 1 amide bonds. The maximum atomic E-state index is 13.4. The zero-order chi connectivity index (χ0) is 22.9. The van der Waals surface area contributed by atoms with Gasteiger partial charge in [-0.05, 0) is 35.9 Å². The van der Waals surface area contributed by atoms with Crippen LogP contribution in [-0.4, -0.2) is 38.1 Å². The van der Waals surface area contributed by atoms with Gasteiger partial charge in [-0.1, -0.05) is 24.3 Å². The van der Waals surface area contributed by atoms with Crippen LogP contribution in [0.25, 0.3) is 0 Å². The fraction of sp³-hybridized carbons (Fsp3) is 0.320. The fourth-order valence-electron chi connectivity index (χ4n) is 5.31. The molecule has 0 unspecified atom stereocenters. The molecule has 33 heavy (non-hydrogen) atoms. The zero-order valence-electron chi connectivity index (χ0n) is 18.0. The number of aliphatic hydroxyl groups is 1. The molecule has 0 saturated carbocycles. The van der Waals surface area contributed by atoms with Crippen molar-refractivity contribution in [3.05, 3.63) is 100.0 Å². The lowest BCUT2D eigenvalue weighted by Gasteiger charge is -2.30. The molecule has 3 aromatic rings. The van der Waals surface area contributed by atoms with Crippen LogP contribution in [0.2, 0.25) is 0 Å². The molecule has 8 heteroatoms. The number of likely N-dealkylation sites (tertiary alicyclic amines) is 1. The minimum atomic E-state index is -0.587. The van der Waals surface area contributed by atoms with Crippen molar-refractivity contribution in [2.75, 3.05) is 6.61 Å². The number of rotatable bonds is 6. The molecular formula is C25H25FN4O3.